The molecular formula is C60H37N3O2S. The summed E-state index contributed by atoms with van der Waals surface area (Å²) in [6.07, 6.45) is 0. The summed E-state index contributed by atoms with van der Waals surface area (Å²) in [6, 6.07) is 66.6. The van der Waals surface area contributed by atoms with Crippen LogP contribution in [0.2, 0.25) is 0 Å². The summed E-state index contributed by atoms with van der Waals surface area (Å²) >= 11 is 1.79. The summed E-state index contributed by atoms with van der Waals surface area (Å²) in [4.78, 5) is 15.9. The molecule has 4 heterocycles. The van der Waals surface area contributed by atoms with Crippen molar-refractivity contribution in [1.29, 1.82) is 0 Å². The van der Waals surface area contributed by atoms with E-state index in [1.54, 1.807) is 11.3 Å². The number of fused-ring (bicyclic) bond motifs is 12. The molecule has 66 heavy (non-hydrogen) atoms. The summed E-state index contributed by atoms with van der Waals surface area (Å²) < 4.78 is 15.4. The van der Waals surface area contributed by atoms with Gasteiger partial charge in [0.2, 0.25) is 0 Å². The van der Waals surface area contributed by atoms with Gasteiger partial charge >= 0.3 is 0 Å². The van der Waals surface area contributed by atoms with Gasteiger partial charge < -0.3 is 8.83 Å². The highest BCUT2D eigenvalue weighted by molar-refractivity contribution is 7.25. The van der Waals surface area contributed by atoms with Crippen molar-refractivity contribution >= 4 is 75.4 Å². The van der Waals surface area contributed by atoms with Crippen LogP contribution < -0.4 is 0 Å². The third-order valence-corrected chi connectivity index (χ3v) is 14.9. The number of furan rings is 2. The average molecular weight is 864 g/mol. The first-order valence-electron chi connectivity index (χ1n) is 22.3. The lowest BCUT2D eigenvalue weighted by Crippen LogP contribution is -2.14. The Balaban J connectivity index is 0.909. The normalized spacial score (nSPS) is 13.1. The van der Waals surface area contributed by atoms with Crippen molar-refractivity contribution < 1.29 is 8.83 Å². The fraction of sp³-hybridized carbons (Fsp3) is 0.0500. The van der Waals surface area contributed by atoms with Crippen LogP contribution in [0.5, 0.6) is 0 Å². The van der Waals surface area contributed by atoms with E-state index < -0.39 is 0 Å². The number of rotatable bonds is 5. The lowest BCUT2D eigenvalue weighted by molar-refractivity contribution is 0.660. The van der Waals surface area contributed by atoms with Gasteiger partial charge in [0.25, 0.3) is 0 Å². The zero-order valence-corrected chi connectivity index (χ0v) is 36.8. The van der Waals surface area contributed by atoms with Crippen molar-refractivity contribution in [2.45, 2.75) is 19.3 Å². The lowest BCUT2D eigenvalue weighted by Gasteiger charge is -2.21. The number of hydrogen-bond donors (Lipinski definition) is 0. The van der Waals surface area contributed by atoms with E-state index in [4.69, 9.17) is 23.8 Å². The Hall–Kier alpha value is -8.19. The number of thiophene rings is 1. The quantitative estimate of drug-likeness (QED) is 0.172. The fourth-order valence-corrected chi connectivity index (χ4v) is 11.7. The Kier molecular flexibility index (Phi) is 7.84. The molecular weight excluding hydrogens is 827 g/mol. The Bertz CT molecular complexity index is 4150. The molecule has 0 amide bonds. The van der Waals surface area contributed by atoms with E-state index in [0.717, 1.165) is 71.7 Å². The van der Waals surface area contributed by atoms with Crippen LogP contribution in [0.3, 0.4) is 0 Å². The van der Waals surface area contributed by atoms with E-state index in [1.807, 2.05) is 42.5 Å². The number of nitrogens with zero attached hydrogens (tertiary/aromatic N) is 3. The average Bonchev–Trinajstić information content (AvgIpc) is 4.11. The van der Waals surface area contributed by atoms with Crippen LogP contribution in [0.4, 0.5) is 0 Å². The van der Waals surface area contributed by atoms with Gasteiger partial charge in [0, 0.05) is 63.8 Å². The molecule has 1 aliphatic rings. The van der Waals surface area contributed by atoms with E-state index in [0.29, 0.717) is 17.5 Å². The van der Waals surface area contributed by atoms with Crippen molar-refractivity contribution in [1.82, 2.24) is 15.0 Å². The minimum Gasteiger partial charge on any atom is -0.456 e. The summed E-state index contributed by atoms with van der Waals surface area (Å²) in [7, 11) is 0. The predicted octanol–water partition coefficient (Wildman–Crippen LogP) is 16.7. The predicted molar refractivity (Wildman–Crippen MR) is 272 cm³/mol. The highest BCUT2D eigenvalue weighted by atomic mass is 32.1. The minimum absolute atomic E-state index is 0.0165. The van der Waals surface area contributed by atoms with Gasteiger partial charge in [-0.3, -0.25) is 0 Å². The molecule has 0 fully saturated rings. The van der Waals surface area contributed by atoms with Crippen LogP contribution >= 0.6 is 11.3 Å². The monoisotopic (exact) mass is 863 g/mol. The maximum Gasteiger partial charge on any atom is 0.164 e. The molecule has 14 rings (SSSR count). The van der Waals surface area contributed by atoms with E-state index in [-0.39, 0.29) is 5.41 Å². The molecule has 0 saturated carbocycles. The third kappa shape index (κ3) is 5.55. The lowest BCUT2D eigenvalue weighted by atomic mass is 9.82. The molecule has 6 heteroatoms. The summed E-state index contributed by atoms with van der Waals surface area (Å²) in [5.41, 5.74) is 15.9. The van der Waals surface area contributed by atoms with Crippen LogP contribution in [-0.2, 0) is 5.41 Å². The molecule has 5 nitrogen and oxygen atoms in total. The third-order valence-electron chi connectivity index (χ3n) is 13.8. The molecule has 4 aromatic heterocycles. The maximum absolute atomic E-state index is 6.58. The largest absolute Gasteiger partial charge is 0.456 e. The van der Waals surface area contributed by atoms with Crippen molar-refractivity contribution in [3.63, 3.8) is 0 Å². The number of benzene rings is 9. The molecule has 310 valence electrons. The van der Waals surface area contributed by atoms with Gasteiger partial charge in [-0.25, -0.2) is 15.0 Å². The molecule has 0 N–H and O–H groups in total. The Morgan fingerprint density at radius 1 is 0.348 bits per heavy atom. The highest BCUT2D eigenvalue weighted by Crippen LogP contribution is 2.50. The number of aromatic nitrogens is 3. The van der Waals surface area contributed by atoms with Crippen molar-refractivity contribution in [2.24, 2.45) is 0 Å². The second-order valence-corrected chi connectivity index (χ2v) is 19.0. The highest BCUT2D eigenvalue weighted by Gasteiger charge is 2.35. The Labute approximate surface area is 383 Å². The van der Waals surface area contributed by atoms with Gasteiger partial charge in [-0.15, -0.1) is 11.3 Å². The SMILES string of the molecule is CC1(C)c2ccccc2-c2cc(-c3ccc(-c4ccc5oc6cccc(-c7nc(-c8ccc9c(c8)sc8ccccc89)nc(-c8cccc9oc%10ccccc%10c89)n7)c6c5c4)cc3)ccc21. The summed E-state index contributed by atoms with van der Waals surface area (Å²) in [5, 5.41) is 6.43. The van der Waals surface area contributed by atoms with Crippen LogP contribution in [0.15, 0.2) is 197 Å². The molecule has 0 atom stereocenters. The van der Waals surface area contributed by atoms with Crippen LogP contribution in [0.25, 0.3) is 132 Å². The first kappa shape index (κ1) is 37.2. The number of para-hydroxylation sites is 1. The molecule has 0 saturated heterocycles. The maximum atomic E-state index is 6.58. The molecule has 0 aliphatic heterocycles. The topological polar surface area (TPSA) is 65.0 Å². The molecule has 1 aliphatic carbocycles. The Morgan fingerprint density at radius 3 is 1.65 bits per heavy atom. The zero-order valence-electron chi connectivity index (χ0n) is 36.0. The fourth-order valence-electron chi connectivity index (χ4n) is 10.5. The van der Waals surface area contributed by atoms with Gasteiger partial charge in [0.1, 0.15) is 22.3 Å². The van der Waals surface area contributed by atoms with Crippen LogP contribution in [0, 0.1) is 0 Å². The van der Waals surface area contributed by atoms with Gasteiger partial charge in [0.05, 0.1) is 0 Å². The van der Waals surface area contributed by atoms with Gasteiger partial charge in [-0.1, -0.05) is 153 Å². The van der Waals surface area contributed by atoms with Gasteiger partial charge in [-0.05, 0) is 93.0 Å². The van der Waals surface area contributed by atoms with Crippen molar-refractivity contribution in [2.75, 3.05) is 0 Å². The standard InChI is InChI=1S/C60H37N3O2S/c1-60(2)47-16-6-3-11-39(47)45-31-36(26-29-48(45)60)34-21-23-35(24-22-34)37-27-30-50-46(32-37)56-44(15-10-19-52(56)65-50)59-62-57(38-25-28-41-40-12-5-8-20-53(40)66-54(41)33-38)61-58(63-59)43-14-9-18-51-55(43)42-13-4-7-17-49(42)64-51/h3-33H,1-2H3. The summed E-state index contributed by atoms with van der Waals surface area (Å²) in [5.74, 6) is 1.74. The van der Waals surface area contributed by atoms with Gasteiger partial charge in [0.15, 0.2) is 17.5 Å². The molecule has 0 bridgehead atoms. The second kappa shape index (κ2) is 13.9. The zero-order chi connectivity index (χ0) is 43.7. The molecule has 0 spiro atoms. The molecule has 13 aromatic rings. The minimum atomic E-state index is -0.0165. The number of hydrogen-bond acceptors (Lipinski definition) is 6. The smallest absolute Gasteiger partial charge is 0.164 e. The van der Waals surface area contributed by atoms with Gasteiger partial charge in [-0.2, -0.15) is 0 Å². The Morgan fingerprint density at radius 2 is 0.879 bits per heavy atom. The summed E-state index contributed by atoms with van der Waals surface area (Å²) in [6.45, 7) is 4.65. The van der Waals surface area contributed by atoms with E-state index in [1.165, 1.54) is 53.6 Å². The van der Waals surface area contributed by atoms with Crippen LogP contribution in [0.1, 0.15) is 25.0 Å². The van der Waals surface area contributed by atoms with E-state index in [9.17, 15) is 0 Å². The first-order valence-corrected chi connectivity index (χ1v) is 23.1. The van der Waals surface area contributed by atoms with Crippen molar-refractivity contribution in [3.8, 4) is 67.5 Å². The van der Waals surface area contributed by atoms with E-state index in [2.05, 4.69) is 159 Å². The molecule has 0 unspecified atom stereocenters. The second-order valence-electron chi connectivity index (χ2n) is 17.9. The first-order chi connectivity index (χ1) is 32.4. The van der Waals surface area contributed by atoms with Crippen molar-refractivity contribution in [3.05, 3.63) is 199 Å². The molecule has 9 aromatic carbocycles. The van der Waals surface area contributed by atoms with E-state index >= 15 is 0 Å². The molecule has 0 radical (unpaired) electrons. The van der Waals surface area contributed by atoms with Crippen LogP contribution in [-0.4, -0.2) is 15.0 Å².